The average molecular weight is 459 g/mol. The maximum Gasteiger partial charge on any atom is 0.341 e. The Labute approximate surface area is 188 Å². The SMILES string of the molecule is CCOC(=O)c1cc(-c2ccccc2)sc1NC(=O)C(C)OC(=O)c1ccc(Cl)nc1. The van der Waals surface area contributed by atoms with E-state index in [4.69, 9.17) is 21.1 Å². The van der Waals surface area contributed by atoms with Crippen molar-refractivity contribution in [2.75, 3.05) is 11.9 Å². The Morgan fingerprint density at radius 3 is 2.52 bits per heavy atom. The quantitative estimate of drug-likeness (QED) is 0.402. The van der Waals surface area contributed by atoms with Crippen LogP contribution in [0.25, 0.3) is 10.4 Å². The lowest BCUT2D eigenvalue weighted by Gasteiger charge is -2.13. The standard InChI is InChI=1S/C22H19ClN2O5S/c1-3-29-22(28)16-11-17(14-7-5-4-6-8-14)31-20(16)25-19(26)13(2)30-21(27)15-9-10-18(23)24-12-15/h4-13H,3H2,1-2H3,(H,25,26). The largest absolute Gasteiger partial charge is 0.462 e. The smallest absolute Gasteiger partial charge is 0.341 e. The number of carbonyl (C=O) groups is 3. The number of amides is 1. The molecular weight excluding hydrogens is 440 g/mol. The number of hydrogen-bond donors (Lipinski definition) is 1. The van der Waals surface area contributed by atoms with Gasteiger partial charge in [0.25, 0.3) is 5.91 Å². The molecule has 0 bridgehead atoms. The molecule has 0 fully saturated rings. The zero-order valence-electron chi connectivity index (χ0n) is 16.8. The van der Waals surface area contributed by atoms with E-state index in [1.807, 2.05) is 30.3 Å². The predicted octanol–water partition coefficient (Wildman–Crippen LogP) is 4.82. The Hall–Kier alpha value is -3.23. The lowest BCUT2D eigenvalue weighted by Crippen LogP contribution is -2.30. The van der Waals surface area contributed by atoms with Gasteiger partial charge in [-0.25, -0.2) is 14.6 Å². The molecule has 9 heteroatoms. The fourth-order valence-electron chi connectivity index (χ4n) is 2.58. The van der Waals surface area contributed by atoms with Crippen LogP contribution in [0.2, 0.25) is 5.15 Å². The van der Waals surface area contributed by atoms with E-state index in [2.05, 4.69) is 10.3 Å². The highest BCUT2D eigenvalue weighted by atomic mass is 35.5. The predicted molar refractivity (Wildman–Crippen MR) is 118 cm³/mol. The first-order chi connectivity index (χ1) is 14.9. The van der Waals surface area contributed by atoms with E-state index < -0.39 is 23.9 Å². The molecule has 0 aliphatic heterocycles. The molecule has 0 aliphatic carbocycles. The Kier molecular flexibility index (Phi) is 7.38. The van der Waals surface area contributed by atoms with Gasteiger partial charge in [0.2, 0.25) is 0 Å². The summed E-state index contributed by atoms with van der Waals surface area (Å²) in [5.74, 6) is -1.84. The second-order valence-electron chi connectivity index (χ2n) is 6.35. The van der Waals surface area contributed by atoms with Gasteiger partial charge in [0.15, 0.2) is 6.10 Å². The molecule has 7 nitrogen and oxygen atoms in total. The molecule has 1 atom stereocenters. The summed E-state index contributed by atoms with van der Waals surface area (Å²) < 4.78 is 10.3. The first kappa shape index (κ1) is 22.5. The van der Waals surface area contributed by atoms with E-state index in [0.29, 0.717) is 5.00 Å². The topological polar surface area (TPSA) is 94.6 Å². The molecule has 0 spiro atoms. The Morgan fingerprint density at radius 1 is 1.13 bits per heavy atom. The van der Waals surface area contributed by atoms with E-state index in [-0.39, 0.29) is 22.9 Å². The van der Waals surface area contributed by atoms with Crippen LogP contribution in [0.5, 0.6) is 0 Å². The van der Waals surface area contributed by atoms with Crippen LogP contribution in [0.1, 0.15) is 34.6 Å². The summed E-state index contributed by atoms with van der Waals surface area (Å²) in [7, 11) is 0. The van der Waals surface area contributed by atoms with Gasteiger partial charge in [-0.1, -0.05) is 41.9 Å². The normalized spacial score (nSPS) is 11.5. The number of nitrogens with zero attached hydrogens (tertiary/aromatic N) is 1. The molecule has 0 saturated carbocycles. The molecule has 31 heavy (non-hydrogen) atoms. The van der Waals surface area contributed by atoms with E-state index in [0.717, 1.165) is 10.4 Å². The number of benzene rings is 1. The van der Waals surface area contributed by atoms with Gasteiger partial charge in [-0.3, -0.25) is 4.79 Å². The third kappa shape index (κ3) is 5.68. The Balaban J connectivity index is 1.77. The number of carbonyl (C=O) groups excluding carboxylic acids is 3. The van der Waals surface area contributed by atoms with Crippen molar-refractivity contribution >= 4 is 45.8 Å². The van der Waals surface area contributed by atoms with Crippen LogP contribution in [0.15, 0.2) is 54.7 Å². The van der Waals surface area contributed by atoms with Crippen molar-refractivity contribution in [3.05, 3.63) is 71.0 Å². The highest BCUT2D eigenvalue weighted by Crippen LogP contribution is 2.36. The minimum Gasteiger partial charge on any atom is -0.462 e. The van der Waals surface area contributed by atoms with Crippen molar-refractivity contribution in [1.29, 1.82) is 0 Å². The van der Waals surface area contributed by atoms with Gasteiger partial charge in [-0.05, 0) is 37.6 Å². The number of anilines is 1. The zero-order chi connectivity index (χ0) is 22.4. The van der Waals surface area contributed by atoms with Gasteiger partial charge < -0.3 is 14.8 Å². The number of pyridine rings is 1. The van der Waals surface area contributed by atoms with Crippen LogP contribution in [0, 0.1) is 0 Å². The first-order valence-electron chi connectivity index (χ1n) is 9.38. The number of ether oxygens (including phenoxy) is 2. The second-order valence-corrected chi connectivity index (χ2v) is 7.79. The summed E-state index contributed by atoms with van der Waals surface area (Å²) in [5.41, 5.74) is 1.30. The molecule has 2 heterocycles. The minimum absolute atomic E-state index is 0.166. The van der Waals surface area contributed by atoms with Crippen LogP contribution in [0.3, 0.4) is 0 Å². The maximum absolute atomic E-state index is 12.6. The third-order valence-electron chi connectivity index (χ3n) is 4.14. The number of esters is 2. The summed E-state index contributed by atoms with van der Waals surface area (Å²) in [5, 5.41) is 3.23. The van der Waals surface area contributed by atoms with Gasteiger partial charge in [0.1, 0.15) is 10.2 Å². The van der Waals surface area contributed by atoms with Gasteiger partial charge in [0.05, 0.1) is 17.7 Å². The second kappa shape index (κ2) is 10.2. The summed E-state index contributed by atoms with van der Waals surface area (Å²) in [6.45, 7) is 3.34. The number of halogens is 1. The fraction of sp³-hybridized carbons (Fsp3) is 0.182. The van der Waals surface area contributed by atoms with Crippen LogP contribution >= 0.6 is 22.9 Å². The Morgan fingerprint density at radius 2 is 1.87 bits per heavy atom. The third-order valence-corrected chi connectivity index (χ3v) is 5.46. The van der Waals surface area contributed by atoms with Crippen LogP contribution in [-0.2, 0) is 14.3 Å². The van der Waals surface area contributed by atoms with E-state index >= 15 is 0 Å². The summed E-state index contributed by atoms with van der Waals surface area (Å²) >= 11 is 6.94. The van der Waals surface area contributed by atoms with E-state index in [9.17, 15) is 14.4 Å². The molecule has 3 aromatic rings. The number of aromatic nitrogens is 1. The first-order valence-corrected chi connectivity index (χ1v) is 10.6. The lowest BCUT2D eigenvalue weighted by molar-refractivity contribution is -0.123. The highest BCUT2D eigenvalue weighted by molar-refractivity contribution is 7.20. The van der Waals surface area contributed by atoms with Gasteiger partial charge >= 0.3 is 11.9 Å². The van der Waals surface area contributed by atoms with Gasteiger partial charge in [-0.15, -0.1) is 11.3 Å². The molecule has 0 radical (unpaired) electrons. The fourth-order valence-corrected chi connectivity index (χ4v) is 3.75. The van der Waals surface area contributed by atoms with Crippen molar-refractivity contribution in [3.63, 3.8) is 0 Å². The summed E-state index contributed by atoms with van der Waals surface area (Å²) in [6, 6.07) is 14.0. The molecule has 1 N–H and O–H groups in total. The number of nitrogens with one attached hydrogen (secondary N) is 1. The minimum atomic E-state index is -1.11. The molecule has 3 rings (SSSR count). The molecule has 160 valence electrons. The maximum atomic E-state index is 12.6. The lowest BCUT2D eigenvalue weighted by atomic mass is 10.1. The van der Waals surface area contributed by atoms with Crippen LogP contribution < -0.4 is 5.32 Å². The number of rotatable bonds is 7. The zero-order valence-corrected chi connectivity index (χ0v) is 18.3. The van der Waals surface area contributed by atoms with Crippen molar-refractivity contribution in [2.24, 2.45) is 0 Å². The van der Waals surface area contributed by atoms with Gasteiger partial charge in [0, 0.05) is 11.1 Å². The number of thiophene rings is 1. The van der Waals surface area contributed by atoms with Crippen molar-refractivity contribution in [1.82, 2.24) is 4.98 Å². The van der Waals surface area contributed by atoms with Gasteiger partial charge in [-0.2, -0.15) is 0 Å². The molecular formula is C22H19ClN2O5S. The van der Waals surface area contributed by atoms with Crippen molar-refractivity contribution in [3.8, 4) is 10.4 Å². The summed E-state index contributed by atoms with van der Waals surface area (Å²) in [4.78, 5) is 41.8. The molecule has 1 unspecified atom stereocenters. The molecule has 1 amide bonds. The average Bonchev–Trinajstić information content (AvgIpc) is 3.18. The van der Waals surface area contributed by atoms with Crippen LogP contribution in [-0.4, -0.2) is 35.5 Å². The van der Waals surface area contributed by atoms with E-state index in [1.54, 1.807) is 13.0 Å². The van der Waals surface area contributed by atoms with Crippen molar-refractivity contribution in [2.45, 2.75) is 20.0 Å². The Bertz CT molecular complexity index is 1080. The van der Waals surface area contributed by atoms with Crippen LogP contribution in [0.4, 0.5) is 5.00 Å². The van der Waals surface area contributed by atoms with Crippen molar-refractivity contribution < 1.29 is 23.9 Å². The molecule has 0 aliphatic rings. The molecule has 1 aromatic carbocycles. The summed E-state index contributed by atoms with van der Waals surface area (Å²) in [6.07, 6.45) is 0.153. The highest BCUT2D eigenvalue weighted by Gasteiger charge is 2.24. The molecule has 2 aromatic heterocycles. The van der Waals surface area contributed by atoms with E-state index in [1.165, 1.54) is 36.6 Å². The number of hydrogen-bond acceptors (Lipinski definition) is 7. The molecule has 0 saturated heterocycles. The monoisotopic (exact) mass is 458 g/mol.